The van der Waals surface area contributed by atoms with Gasteiger partial charge in [0.15, 0.2) is 0 Å². The first-order chi connectivity index (χ1) is 5.79. The van der Waals surface area contributed by atoms with E-state index in [0.717, 1.165) is 19.3 Å². The maximum absolute atomic E-state index is 10.6. The molecule has 0 saturated heterocycles. The SMILES string of the molecule is O=C(O)c1conc1C1CCC1. The van der Waals surface area contributed by atoms with Crippen LogP contribution in [-0.4, -0.2) is 16.2 Å². The molecule has 1 saturated carbocycles. The zero-order chi connectivity index (χ0) is 8.55. The lowest BCUT2D eigenvalue weighted by Gasteiger charge is -2.22. The minimum atomic E-state index is -0.946. The molecule has 1 fully saturated rings. The number of carboxylic acids is 1. The highest BCUT2D eigenvalue weighted by atomic mass is 16.5. The van der Waals surface area contributed by atoms with E-state index >= 15 is 0 Å². The van der Waals surface area contributed by atoms with Gasteiger partial charge in [0.2, 0.25) is 0 Å². The van der Waals surface area contributed by atoms with Crippen LogP contribution in [0.2, 0.25) is 0 Å². The van der Waals surface area contributed by atoms with Crippen molar-refractivity contribution < 1.29 is 14.4 Å². The number of aromatic nitrogens is 1. The lowest BCUT2D eigenvalue weighted by Crippen LogP contribution is -2.12. The van der Waals surface area contributed by atoms with Gasteiger partial charge in [0, 0.05) is 5.92 Å². The lowest BCUT2D eigenvalue weighted by molar-refractivity contribution is 0.0694. The second-order valence-electron chi connectivity index (χ2n) is 3.05. The summed E-state index contributed by atoms with van der Waals surface area (Å²) in [5, 5.41) is 12.4. The van der Waals surface area contributed by atoms with Gasteiger partial charge < -0.3 is 9.63 Å². The Labute approximate surface area is 69.2 Å². The van der Waals surface area contributed by atoms with E-state index in [1.165, 1.54) is 6.26 Å². The minimum Gasteiger partial charge on any atom is -0.478 e. The first kappa shape index (κ1) is 7.34. The van der Waals surface area contributed by atoms with Crippen molar-refractivity contribution in [3.05, 3.63) is 17.5 Å². The Morgan fingerprint density at radius 3 is 2.92 bits per heavy atom. The molecule has 4 nitrogen and oxygen atoms in total. The van der Waals surface area contributed by atoms with E-state index in [1.54, 1.807) is 0 Å². The second-order valence-corrected chi connectivity index (χ2v) is 3.05. The van der Waals surface area contributed by atoms with Crippen molar-refractivity contribution in [2.75, 3.05) is 0 Å². The van der Waals surface area contributed by atoms with Crippen LogP contribution in [0.1, 0.15) is 41.2 Å². The van der Waals surface area contributed by atoms with Crippen LogP contribution in [0.4, 0.5) is 0 Å². The smallest absolute Gasteiger partial charge is 0.340 e. The Morgan fingerprint density at radius 1 is 1.67 bits per heavy atom. The predicted octanol–water partition coefficient (Wildman–Crippen LogP) is 1.64. The number of carbonyl (C=O) groups is 1. The number of rotatable bonds is 2. The van der Waals surface area contributed by atoms with Crippen molar-refractivity contribution in [2.45, 2.75) is 25.2 Å². The normalized spacial score (nSPS) is 17.3. The summed E-state index contributed by atoms with van der Waals surface area (Å²) in [5.74, 6) is -0.631. The molecule has 1 N–H and O–H groups in total. The molecule has 0 aliphatic heterocycles. The Morgan fingerprint density at radius 2 is 2.42 bits per heavy atom. The summed E-state index contributed by atoms with van der Waals surface area (Å²) in [6, 6.07) is 0. The Kier molecular flexibility index (Phi) is 1.60. The highest BCUT2D eigenvalue weighted by Gasteiger charge is 2.27. The van der Waals surface area contributed by atoms with Crippen molar-refractivity contribution in [1.82, 2.24) is 5.16 Å². The number of carboxylic acid groups (broad SMARTS) is 1. The van der Waals surface area contributed by atoms with Crippen molar-refractivity contribution >= 4 is 5.97 Å². The first-order valence-corrected chi connectivity index (χ1v) is 3.96. The molecule has 2 rings (SSSR count). The molecule has 0 amide bonds. The average molecular weight is 167 g/mol. The summed E-state index contributed by atoms with van der Waals surface area (Å²) in [6.45, 7) is 0. The molecule has 0 radical (unpaired) electrons. The highest BCUT2D eigenvalue weighted by Crippen LogP contribution is 2.36. The van der Waals surface area contributed by atoms with Crippen LogP contribution >= 0.6 is 0 Å². The summed E-state index contributed by atoms with van der Waals surface area (Å²) in [5.41, 5.74) is 0.841. The zero-order valence-corrected chi connectivity index (χ0v) is 6.49. The number of nitrogens with zero attached hydrogens (tertiary/aromatic N) is 1. The quantitative estimate of drug-likeness (QED) is 0.727. The van der Waals surface area contributed by atoms with Gasteiger partial charge in [-0.2, -0.15) is 0 Å². The molecular weight excluding hydrogens is 158 g/mol. The van der Waals surface area contributed by atoms with E-state index in [0.29, 0.717) is 11.6 Å². The molecule has 0 aromatic carbocycles. The van der Waals surface area contributed by atoms with Crippen LogP contribution in [0, 0.1) is 0 Å². The largest absolute Gasteiger partial charge is 0.478 e. The third-order valence-corrected chi connectivity index (χ3v) is 2.32. The topological polar surface area (TPSA) is 63.3 Å². The Hall–Kier alpha value is -1.32. The molecule has 1 aromatic heterocycles. The molecule has 0 unspecified atom stereocenters. The fourth-order valence-corrected chi connectivity index (χ4v) is 1.38. The van der Waals surface area contributed by atoms with Crippen molar-refractivity contribution in [2.24, 2.45) is 0 Å². The van der Waals surface area contributed by atoms with E-state index < -0.39 is 5.97 Å². The van der Waals surface area contributed by atoms with E-state index in [1.807, 2.05) is 0 Å². The Bertz CT molecular complexity index is 301. The minimum absolute atomic E-state index is 0.222. The molecule has 1 aliphatic carbocycles. The summed E-state index contributed by atoms with van der Waals surface area (Å²) < 4.78 is 4.63. The summed E-state index contributed by atoms with van der Waals surface area (Å²) in [4.78, 5) is 10.6. The summed E-state index contributed by atoms with van der Waals surface area (Å²) >= 11 is 0. The van der Waals surface area contributed by atoms with Crippen molar-refractivity contribution in [1.29, 1.82) is 0 Å². The molecule has 12 heavy (non-hydrogen) atoms. The van der Waals surface area contributed by atoms with Gasteiger partial charge in [0.05, 0.1) is 0 Å². The molecule has 1 aromatic rings. The van der Waals surface area contributed by atoms with Crippen LogP contribution < -0.4 is 0 Å². The molecule has 0 spiro atoms. The van der Waals surface area contributed by atoms with Crippen LogP contribution in [-0.2, 0) is 0 Å². The van der Waals surface area contributed by atoms with Crippen LogP contribution in [0.25, 0.3) is 0 Å². The molecule has 1 aliphatic rings. The summed E-state index contributed by atoms with van der Waals surface area (Å²) in [6.07, 6.45) is 4.44. The molecule has 64 valence electrons. The van der Waals surface area contributed by atoms with Gasteiger partial charge in [-0.25, -0.2) is 4.79 Å². The van der Waals surface area contributed by atoms with Gasteiger partial charge in [-0.05, 0) is 12.8 Å². The second kappa shape index (κ2) is 2.62. The first-order valence-electron chi connectivity index (χ1n) is 3.96. The maximum Gasteiger partial charge on any atom is 0.340 e. The fourth-order valence-electron chi connectivity index (χ4n) is 1.38. The number of hydrogen-bond acceptors (Lipinski definition) is 3. The van der Waals surface area contributed by atoms with E-state index in [4.69, 9.17) is 5.11 Å². The predicted molar refractivity (Wildman–Crippen MR) is 40.1 cm³/mol. The van der Waals surface area contributed by atoms with Gasteiger partial charge in [0.25, 0.3) is 0 Å². The van der Waals surface area contributed by atoms with Crippen molar-refractivity contribution in [3.63, 3.8) is 0 Å². The van der Waals surface area contributed by atoms with Gasteiger partial charge in [0.1, 0.15) is 17.5 Å². The molecule has 1 heterocycles. The summed E-state index contributed by atoms with van der Waals surface area (Å²) in [7, 11) is 0. The molecule has 0 atom stereocenters. The van der Waals surface area contributed by atoms with Crippen LogP contribution in [0.15, 0.2) is 10.8 Å². The van der Waals surface area contributed by atoms with Crippen LogP contribution in [0.5, 0.6) is 0 Å². The number of hydrogen-bond donors (Lipinski definition) is 1. The lowest BCUT2D eigenvalue weighted by atomic mass is 9.82. The highest BCUT2D eigenvalue weighted by molar-refractivity contribution is 5.88. The van der Waals surface area contributed by atoms with Gasteiger partial charge >= 0.3 is 5.97 Å². The average Bonchev–Trinajstić information content (AvgIpc) is 2.31. The van der Waals surface area contributed by atoms with Crippen molar-refractivity contribution in [3.8, 4) is 0 Å². The monoisotopic (exact) mass is 167 g/mol. The third-order valence-electron chi connectivity index (χ3n) is 2.32. The number of aromatic carboxylic acids is 1. The maximum atomic E-state index is 10.6. The van der Waals surface area contributed by atoms with E-state index in [2.05, 4.69) is 9.68 Å². The van der Waals surface area contributed by atoms with E-state index in [-0.39, 0.29) is 5.56 Å². The van der Waals surface area contributed by atoms with Gasteiger partial charge in [-0.3, -0.25) is 0 Å². The van der Waals surface area contributed by atoms with Crippen LogP contribution in [0.3, 0.4) is 0 Å². The standard InChI is InChI=1S/C8H9NO3/c10-8(11)6-4-12-9-7(6)5-2-1-3-5/h4-5H,1-3H2,(H,10,11). The fraction of sp³-hybridized carbons (Fsp3) is 0.500. The molecule has 4 heteroatoms. The van der Waals surface area contributed by atoms with Gasteiger partial charge in [-0.15, -0.1) is 0 Å². The third kappa shape index (κ3) is 0.995. The van der Waals surface area contributed by atoms with Gasteiger partial charge in [-0.1, -0.05) is 11.6 Å². The Balaban J connectivity index is 2.29. The zero-order valence-electron chi connectivity index (χ0n) is 6.49. The molecular formula is C8H9NO3. The van der Waals surface area contributed by atoms with E-state index in [9.17, 15) is 4.79 Å². The molecule has 0 bridgehead atoms.